The second-order valence-corrected chi connectivity index (χ2v) is 7.46. The van der Waals surface area contributed by atoms with Gasteiger partial charge in [-0.05, 0) is 51.1 Å². The third-order valence-electron chi connectivity index (χ3n) is 4.86. The molecule has 134 valence electrons. The van der Waals surface area contributed by atoms with E-state index in [1.165, 1.54) is 12.8 Å². The lowest BCUT2D eigenvalue weighted by Crippen LogP contribution is -2.43. The molecular weight excluding hydrogens is 312 g/mol. The van der Waals surface area contributed by atoms with Crippen molar-refractivity contribution in [1.82, 2.24) is 20.0 Å². The van der Waals surface area contributed by atoms with Gasteiger partial charge in [0.2, 0.25) is 0 Å². The topological polar surface area (TPSA) is 50.2 Å². The van der Waals surface area contributed by atoms with E-state index in [9.17, 15) is 4.79 Å². The van der Waals surface area contributed by atoms with Gasteiger partial charge < -0.3 is 10.2 Å². The Morgan fingerprint density at radius 2 is 1.96 bits per heavy atom. The summed E-state index contributed by atoms with van der Waals surface area (Å²) in [6.45, 7) is 4.98. The SMILES string of the molecule is CC(C)C(CNC(=O)c1cc(C2CC2)nn1-c1ccccc1)N(C)C. The first-order chi connectivity index (χ1) is 12.0. The number of benzene rings is 1. The number of nitrogens with one attached hydrogen (secondary N) is 1. The number of rotatable bonds is 7. The lowest BCUT2D eigenvalue weighted by molar-refractivity contribution is 0.0927. The van der Waals surface area contributed by atoms with Crippen molar-refractivity contribution in [2.24, 2.45) is 5.92 Å². The summed E-state index contributed by atoms with van der Waals surface area (Å²) in [5.74, 6) is 0.925. The summed E-state index contributed by atoms with van der Waals surface area (Å²) in [7, 11) is 4.10. The Hall–Kier alpha value is -2.14. The predicted molar refractivity (Wildman–Crippen MR) is 100 cm³/mol. The molecule has 1 heterocycles. The monoisotopic (exact) mass is 340 g/mol. The van der Waals surface area contributed by atoms with E-state index in [0.717, 1.165) is 11.4 Å². The van der Waals surface area contributed by atoms with Crippen LogP contribution in [0.1, 0.15) is 48.8 Å². The minimum absolute atomic E-state index is 0.0595. The van der Waals surface area contributed by atoms with Crippen molar-refractivity contribution >= 4 is 5.91 Å². The summed E-state index contributed by atoms with van der Waals surface area (Å²) in [4.78, 5) is 15.0. The number of hydrogen-bond acceptors (Lipinski definition) is 3. The normalized spacial score (nSPS) is 15.6. The highest BCUT2D eigenvalue weighted by molar-refractivity contribution is 5.93. The Bertz CT molecular complexity index is 709. The molecule has 0 aliphatic heterocycles. The van der Waals surface area contributed by atoms with Gasteiger partial charge in [-0.1, -0.05) is 32.0 Å². The molecule has 1 atom stereocenters. The third-order valence-corrected chi connectivity index (χ3v) is 4.86. The first kappa shape index (κ1) is 17.7. The molecule has 3 rings (SSSR count). The van der Waals surface area contributed by atoms with Gasteiger partial charge >= 0.3 is 0 Å². The van der Waals surface area contributed by atoms with Gasteiger partial charge in [-0.3, -0.25) is 4.79 Å². The third kappa shape index (κ3) is 4.10. The van der Waals surface area contributed by atoms with Gasteiger partial charge in [-0.25, -0.2) is 4.68 Å². The highest BCUT2D eigenvalue weighted by Gasteiger charge is 2.29. The molecule has 0 saturated heterocycles. The molecule has 5 heteroatoms. The zero-order valence-electron chi connectivity index (χ0n) is 15.6. The Labute approximate surface area is 150 Å². The van der Waals surface area contributed by atoms with Crippen LogP contribution in [-0.4, -0.2) is 47.3 Å². The molecule has 1 aliphatic rings. The average molecular weight is 340 g/mol. The molecule has 25 heavy (non-hydrogen) atoms. The Kier molecular flexibility index (Phi) is 5.23. The highest BCUT2D eigenvalue weighted by atomic mass is 16.2. The largest absolute Gasteiger partial charge is 0.349 e. The second-order valence-electron chi connectivity index (χ2n) is 7.46. The maximum Gasteiger partial charge on any atom is 0.270 e. The predicted octanol–water partition coefficient (Wildman–Crippen LogP) is 3.07. The number of carbonyl (C=O) groups is 1. The van der Waals surface area contributed by atoms with E-state index in [0.29, 0.717) is 30.1 Å². The number of carbonyl (C=O) groups excluding carboxylic acids is 1. The molecule has 1 aromatic carbocycles. The number of likely N-dealkylation sites (N-methyl/N-ethyl adjacent to an activating group) is 1. The van der Waals surface area contributed by atoms with Gasteiger partial charge in [0.25, 0.3) is 5.91 Å². The summed E-state index contributed by atoms with van der Waals surface area (Å²) in [6.07, 6.45) is 2.34. The summed E-state index contributed by atoms with van der Waals surface area (Å²) >= 11 is 0. The number of para-hydroxylation sites is 1. The van der Waals surface area contributed by atoms with Crippen LogP contribution in [0.3, 0.4) is 0 Å². The molecule has 0 radical (unpaired) electrons. The molecule has 2 aromatic rings. The number of nitrogens with zero attached hydrogens (tertiary/aromatic N) is 3. The van der Waals surface area contributed by atoms with E-state index in [1.54, 1.807) is 4.68 Å². The smallest absolute Gasteiger partial charge is 0.270 e. The van der Waals surface area contributed by atoms with E-state index in [1.807, 2.05) is 36.4 Å². The molecule has 1 aliphatic carbocycles. The molecule has 5 nitrogen and oxygen atoms in total. The molecule has 1 unspecified atom stereocenters. The molecule has 1 saturated carbocycles. The van der Waals surface area contributed by atoms with E-state index in [2.05, 4.69) is 38.2 Å². The molecular formula is C20H28N4O. The molecule has 1 N–H and O–H groups in total. The maximum absolute atomic E-state index is 12.9. The molecule has 0 spiro atoms. The maximum atomic E-state index is 12.9. The quantitative estimate of drug-likeness (QED) is 0.843. The lowest BCUT2D eigenvalue weighted by atomic mass is 10.0. The van der Waals surface area contributed by atoms with Crippen LogP contribution in [0.25, 0.3) is 5.69 Å². The Morgan fingerprint density at radius 3 is 2.52 bits per heavy atom. The first-order valence-corrected chi connectivity index (χ1v) is 9.07. The van der Waals surface area contributed by atoms with Crippen LogP contribution < -0.4 is 5.32 Å². The Morgan fingerprint density at radius 1 is 1.28 bits per heavy atom. The van der Waals surface area contributed by atoms with Gasteiger partial charge in [-0.15, -0.1) is 0 Å². The second kappa shape index (κ2) is 7.40. The van der Waals surface area contributed by atoms with Crippen molar-refractivity contribution in [3.8, 4) is 5.69 Å². The van der Waals surface area contributed by atoms with Gasteiger partial charge in [-0.2, -0.15) is 5.10 Å². The van der Waals surface area contributed by atoms with Crippen molar-refractivity contribution in [2.45, 2.75) is 38.6 Å². The van der Waals surface area contributed by atoms with Gasteiger partial charge in [0.15, 0.2) is 0 Å². The minimum Gasteiger partial charge on any atom is -0.349 e. The van der Waals surface area contributed by atoms with Crippen molar-refractivity contribution in [3.05, 3.63) is 47.8 Å². The van der Waals surface area contributed by atoms with E-state index in [-0.39, 0.29) is 5.91 Å². The zero-order chi connectivity index (χ0) is 18.0. The van der Waals surface area contributed by atoms with Crippen molar-refractivity contribution in [1.29, 1.82) is 0 Å². The zero-order valence-corrected chi connectivity index (χ0v) is 15.6. The number of hydrogen-bond donors (Lipinski definition) is 1. The van der Waals surface area contributed by atoms with E-state index >= 15 is 0 Å². The molecule has 1 aromatic heterocycles. The Balaban J connectivity index is 1.82. The summed E-state index contributed by atoms with van der Waals surface area (Å²) in [5, 5.41) is 7.81. The van der Waals surface area contributed by atoms with Gasteiger partial charge in [0.1, 0.15) is 5.69 Å². The van der Waals surface area contributed by atoms with Crippen LogP contribution in [0.15, 0.2) is 36.4 Å². The fourth-order valence-corrected chi connectivity index (χ4v) is 3.21. The average Bonchev–Trinajstić information content (AvgIpc) is 3.33. The molecule has 0 bridgehead atoms. The fourth-order valence-electron chi connectivity index (χ4n) is 3.21. The first-order valence-electron chi connectivity index (χ1n) is 9.07. The molecule has 1 amide bonds. The lowest BCUT2D eigenvalue weighted by Gasteiger charge is -2.28. The number of amides is 1. The van der Waals surface area contributed by atoms with Crippen LogP contribution >= 0.6 is 0 Å². The van der Waals surface area contributed by atoms with Crippen LogP contribution in [0.5, 0.6) is 0 Å². The number of aromatic nitrogens is 2. The van der Waals surface area contributed by atoms with Crippen molar-refractivity contribution < 1.29 is 4.79 Å². The van der Waals surface area contributed by atoms with Crippen LogP contribution in [0.2, 0.25) is 0 Å². The van der Waals surface area contributed by atoms with Crippen molar-refractivity contribution in [2.75, 3.05) is 20.6 Å². The minimum atomic E-state index is -0.0595. The van der Waals surface area contributed by atoms with Gasteiger partial charge in [0.05, 0.1) is 11.4 Å². The molecule has 1 fully saturated rings. The van der Waals surface area contributed by atoms with Crippen LogP contribution in [0.4, 0.5) is 0 Å². The summed E-state index contributed by atoms with van der Waals surface area (Å²) < 4.78 is 1.78. The summed E-state index contributed by atoms with van der Waals surface area (Å²) in [5.41, 5.74) is 2.57. The fraction of sp³-hybridized carbons (Fsp3) is 0.500. The standard InChI is InChI=1S/C20H28N4O/c1-14(2)19(23(3)4)13-21-20(25)18-12-17(15-10-11-15)22-24(18)16-8-6-5-7-9-16/h5-9,12,14-15,19H,10-11,13H2,1-4H3,(H,21,25). The van der Waals surface area contributed by atoms with E-state index < -0.39 is 0 Å². The van der Waals surface area contributed by atoms with Crippen LogP contribution in [-0.2, 0) is 0 Å². The summed E-state index contributed by atoms with van der Waals surface area (Å²) in [6, 6.07) is 12.1. The van der Waals surface area contributed by atoms with E-state index in [4.69, 9.17) is 5.10 Å². The highest BCUT2D eigenvalue weighted by Crippen LogP contribution is 2.39. The van der Waals surface area contributed by atoms with Crippen molar-refractivity contribution in [3.63, 3.8) is 0 Å². The van der Waals surface area contributed by atoms with Crippen LogP contribution in [0, 0.1) is 5.92 Å². The van der Waals surface area contributed by atoms with Gasteiger partial charge in [0, 0.05) is 18.5 Å².